The molecule has 116 valence electrons. The normalized spacial score (nSPS) is 22.1. The fraction of sp³-hybridized carbons (Fsp3) is 0.643. The molecule has 0 aliphatic carbocycles. The van der Waals surface area contributed by atoms with E-state index in [1.165, 1.54) is 0 Å². The lowest BCUT2D eigenvalue weighted by Gasteiger charge is -2.37. The molecule has 1 aliphatic rings. The molecule has 1 aromatic heterocycles. The second-order valence-electron chi connectivity index (χ2n) is 5.26. The van der Waals surface area contributed by atoms with Crippen LogP contribution in [0, 0.1) is 5.92 Å². The van der Waals surface area contributed by atoms with Crippen LogP contribution in [0.25, 0.3) is 0 Å². The zero-order valence-corrected chi connectivity index (χ0v) is 13.1. The van der Waals surface area contributed by atoms with Gasteiger partial charge in [-0.1, -0.05) is 11.6 Å². The maximum Gasteiger partial charge on any atom is 0.225 e. The smallest absolute Gasteiger partial charge is 0.225 e. The van der Waals surface area contributed by atoms with Gasteiger partial charge in [0.2, 0.25) is 11.9 Å². The molecule has 7 heteroatoms. The van der Waals surface area contributed by atoms with Gasteiger partial charge in [0.05, 0.1) is 29.9 Å². The van der Waals surface area contributed by atoms with E-state index < -0.39 is 0 Å². The van der Waals surface area contributed by atoms with E-state index in [0.717, 1.165) is 12.8 Å². The molecular formula is C14H21ClN4O2. The summed E-state index contributed by atoms with van der Waals surface area (Å²) in [6.07, 6.45) is 4.98. The largest absolute Gasteiger partial charge is 0.383 e. The number of halogens is 1. The van der Waals surface area contributed by atoms with Gasteiger partial charge in [-0.2, -0.15) is 0 Å². The van der Waals surface area contributed by atoms with Gasteiger partial charge in [0.1, 0.15) is 0 Å². The van der Waals surface area contributed by atoms with E-state index in [4.69, 9.17) is 16.3 Å². The van der Waals surface area contributed by atoms with E-state index in [1.54, 1.807) is 19.5 Å². The van der Waals surface area contributed by atoms with Crippen LogP contribution in [0.3, 0.4) is 0 Å². The average Bonchev–Trinajstić information content (AvgIpc) is 2.49. The van der Waals surface area contributed by atoms with E-state index in [2.05, 4.69) is 27.1 Å². The Morgan fingerprint density at radius 2 is 2.19 bits per heavy atom. The van der Waals surface area contributed by atoms with Crippen LogP contribution in [0.4, 0.5) is 5.95 Å². The Labute approximate surface area is 129 Å². The third-order valence-electron chi connectivity index (χ3n) is 3.72. The van der Waals surface area contributed by atoms with Gasteiger partial charge in [0.15, 0.2) is 0 Å². The van der Waals surface area contributed by atoms with Crippen LogP contribution in [-0.2, 0) is 9.53 Å². The minimum atomic E-state index is -0.0441. The van der Waals surface area contributed by atoms with Crippen molar-refractivity contribution in [3.05, 3.63) is 17.4 Å². The lowest BCUT2D eigenvalue weighted by atomic mass is 9.93. The Balaban J connectivity index is 1.98. The number of carbonyl (C=O) groups excluding carboxylic acids is 1. The maximum atomic E-state index is 12.2. The number of piperidine rings is 1. The Morgan fingerprint density at radius 1 is 1.48 bits per heavy atom. The van der Waals surface area contributed by atoms with Gasteiger partial charge in [-0.05, 0) is 19.8 Å². The molecule has 0 spiro atoms. The molecule has 21 heavy (non-hydrogen) atoms. The first kappa shape index (κ1) is 16.0. The topological polar surface area (TPSA) is 67.3 Å². The van der Waals surface area contributed by atoms with Crippen molar-refractivity contribution in [2.45, 2.75) is 25.8 Å². The fourth-order valence-electron chi connectivity index (χ4n) is 2.47. The number of nitrogens with one attached hydrogen (secondary N) is 1. The highest BCUT2D eigenvalue weighted by atomic mass is 35.5. The molecule has 2 heterocycles. The van der Waals surface area contributed by atoms with Crippen molar-refractivity contribution in [3.8, 4) is 0 Å². The van der Waals surface area contributed by atoms with Crippen molar-refractivity contribution in [1.82, 2.24) is 15.3 Å². The molecule has 1 aliphatic heterocycles. The molecular weight excluding hydrogens is 292 g/mol. The Bertz CT molecular complexity index is 469. The second kappa shape index (κ2) is 7.56. The molecule has 0 bridgehead atoms. The van der Waals surface area contributed by atoms with Gasteiger partial charge in [-0.15, -0.1) is 0 Å². The third-order valence-corrected chi connectivity index (χ3v) is 3.92. The van der Waals surface area contributed by atoms with Crippen molar-refractivity contribution in [2.24, 2.45) is 5.92 Å². The van der Waals surface area contributed by atoms with Gasteiger partial charge >= 0.3 is 0 Å². The van der Waals surface area contributed by atoms with Crippen molar-refractivity contribution < 1.29 is 9.53 Å². The van der Waals surface area contributed by atoms with Crippen LogP contribution in [0.5, 0.6) is 0 Å². The summed E-state index contributed by atoms with van der Waals surface area (Å²) < 4.78 is 4.94. The predicted octanol–water partition coefficient (Wildman–Crippen LogP) is 1.50. The maximum absolute atomic E-state index is 12.2. The average molecular weight is 313 g/mol. The van der Waals surface area contributed by atoms with Crippen LogP contribution >= 0.6 is 11.6 Å². The number of rotatable bonds is 5. The van der Waals surface area contributed by atoms with Crippen LogP contribution in [0.2, 0.25) is 5.02 Å². The number of hydrogen-bond acceptors (Lipinski definition) is 5. The third kappa shape index (κ3) is 4.28. The van der Waals surface area contributed by atoms with Gasteiger partial charge in [0.25, 0.3) is 0 Å². The number of aromatic nitrogens is 2. The first-order valence-corrected chi connectivity index (χ1v) is 7.50. The van der Waals surface area contributed by atoms with Crippen LogP contribution in [0.1, 0.15) is 19.8 Å². The SMILES string of the molecule is COCCNC(=O)[C@@H]1CC[C@@H](C)N(c2ncc(Cl)cn2)C1. The minimum Gasteiger partial charge on any atom is -0.383 e. The molecule has 0 aromatic carbocycles. The number of methoxy groups -OCH3 is 1. The summed E-state index contributed by atoms with van der Waals surface area (Å²) in [5.74, 6) is 0.650. The van der Waals surface area contributed by atoms with Gasteiger partial charge in [0, 0.05) is 26.2 Å². The van der Waals surface area contributed by atoms with Gasteiger partial charge < -0.3 is 15.0 Å². The van der Waals surface area contributed by atoms with E-state index in [1.807, 2.05) is 0 Å². The number of amides is 1. The monoisotopic (exact) mass is 312 g/mol. The van der Waals surface area contributed by atoms with Crippen molar-refractivity contribution in [1.29, 1.82) is 0 Å². The van der Waals surface area contributed by atoms with Crippen LogP contribution in [0.15, 0.2) is 12.4 Å². The van der Waals surface area contributed by atoms with E-state index in [9.17, 15) is 4.79 Å². The van der Waals surface area contributed by atoms with Crippen LogP contribution in [-0.4, -0.2) is 48.7 Å². The highest BCUT2D eigenvalue weighted by Gasteiger charge is 2.31. The lowest BCUT2D eigenvalue weighted by molar-refractivity contribution is -0.125. The molecule has 0 saturated carbocycles. The lowest BCUT2D eigenvalue weighted by Crippen LogP contribution is -2.48. The molecule has 0 radical (unpaired) electrons. The number of nitrogens with zero attached hydrogens (tertiary/aromatic N) is 3. The number of hydrogen-bond donors (Lipinski definition) is 1. The second-order valence-corrected chi connectivity index (χ2v) is 5.70. The summed E-state index contributed by atoms with van der Waals surface area (Å²) in [5.41, 5.74) is 0. The molecule has 1 fully saturated rings. The van der Waals surface area contributed by atoms with Gasteiger partial charge in [-0.25, -0.2) is 9.97 Å². The zero-order chi connectivity index (χ0) is 15.2. The molecule has 1 amide bonds. The minimum absolute atomic E-state index is 0.0441. The Kier molecular flexibility index (Phi) is 5.76. The van der Waals surface area contributed by atoms with Gasteiger partial charge in [-0.3, -0.25) is 4.79 Å². The van der Waals surface area contributed by atoms with Crippen LogP contribution < -0.4 is 10.2 Å². The van der Waals surface area contributed by atoms with E-state index in [0.29, 0.717) is 36.7 Å². The Morgan fingerprint density at radius 3 is 2.86 bits per heavy atom. The zero-order valence-electron chi connectivity index (χ0n) is 12.4. The van der Waals surface area contributed by atoms with E-state index >= 15 is 0 Å². The number of ether oxygens (including phenoxy) is 1. The molecule has 1 saturated heterocycles. The predicted molar refractivity (Wildman–Crippen MR) is 81.5 cm³/mol. The van der Waals surface area contributed by atoms with Crippen molar-refractivity contribution in [3.63, 3.8) is 0 Å². The molecule has 1 N–H and O–H groups in total. The summed E-state index contributed by atoms with van der Waals surface area (Å²) in [4.78, 5) is 22.7. The summed E-state index contributed by atoms with van der Waals surface area (Å²) in [5, 5.41) is 3.41. The molecule has 2 atom stereocenters. The first-order valence-electron chi connectivity index (χ1n) is 7.12. The fourth-order valence-corrected chi connectivity index (χ4v) is 2.57. The molecule has 2 rings (SSSR count). The van der Waals surface area contributed by atoms with E-state index in [-0.39, 0.29) is 11.8 Å². The van der Waals surface area contributed by atoms with Crippen molar-refractivity contribution in [2.75, 3.05) is 31.7 Å². The summed E-state index contributed by atoms with van der Waals surface area (Å²) in [7, 11) is 1.62. The standard InChI is InChI=1S/C14H21ClN4O2/c1-10-3-4-11(13(20)16-5-6-21-2)9-19(10)14-17-7-12(15)8-18-14/h7-8,10-11H,3-6,9H2,1-2H3,(H,16,20)/t10-,11-/m1/s1. The first-order chi connectivity index (χ1) is 10.1. The number of anilines is 1. The highest BCUT2D eigenvalue weighted by molar-refractivity contribution is 6.30. The Hall–Kier alpha value is -1.40. The molecule has 6 nitrogen and oxygen atoms in total. The number of carbonyl (C=O) groups is 1. The highest BCUT2D eigenvalue weighted by Crippen LogP contribution is 2.25. The molecule has 0 unspecified atom stereocenters. The molecule has 1 aromatic rings. The summed E-state index contributed by atoms with van der Waals surface area (Å²) in [6.45, 7) is 3.82. The van der Waals surface area contributed by atoms with Crippen molar-refractivity contribution >= 4 is 23.5 Å². The summed E-state index contributed by atoms with van der Waals surface area (Å²) >= 11 is 5.82. The summed E-state index contributed by atoms with van der Waals surface area (Å²) in [6, 6.07) is 0.314. The quantitative estimate of drug-likeness (QED) is 0.835.